The molecule has 82 valence electrons. The van der Waals surface area contributed by atoms with Crippen molar-refractivity contribution in [3.8, 4) is 0 Å². The van der Waals surface area contributed by atoms with Gasteiger partial charge in [0, 0.05) is 20.1 Å². The first-order valence-electron chi connectivity index (χ1n) is 5.29. The molecule has 0 radical (unpaired) electrons. The molecule has 2 N–H and O–H groups in total. The summed E-state index contributed by atoms with van der Waals surface area (Å²) in [4.78, 5) is 11.2. The Kier molecular flexibility index (Phi) is 5.56. The number of piperidine rings is 1. The lowest BCUT2D eigenvalue weighted by molar-refractivity contribution is -0.122. The van der Waals surface area contributed by atoms with Crippen molar-refractivity contribution in [1.82, 2.24) is 10.6 Å². The molecule has 0 bridgehead atoms. The zero-order valence-electron chi connectivity index (χ0n) is 8.84. The van der Waals surface area contributed by atoms with E-state index in [1.165, 1.54) is 12.8 Å². The molecular weight excluding hydrogens is 180 g/mol. The Labute approximate surface area is 85.4 Å². The fraction of sp³-hybridized carbons (Fsp3) is 0.900. The van der Waals surface area contributed by atoms with Crippen molar-refractivity contribution in [2.45, 2.75) is 19.3 Å². The second-order valence-electron chi connectivity index (χ2n) is 3.76. The molecular formula is C10H20N2O2. The lowest BCUT2D eigenvalue weighted by atomic mass is 10.00. The average Bonchev–Trinajstić information content (AvgIpc) is 2.25. The van der Waals surface area contributed by atoms with Crippen LogP contribution in [0.2, 0.25) is 0 Å². The normalized spacial score (nSPS) is 21.9. The largest absolute Gasteiger partial charge is 0.384 e. The topological polar surface area (TPSA) is 50.4 Å². The van der Waals surface area contributed by atoms with Gasteiger partial charge < -0.3 is 15.4 Å². The third-order valence-corrected chi connectivity index (χ3v) is 2.52. The van der Waals surface area contributed by atoms with Crippen LogP contribution in [0.25, 0.3) is 0 Å². The maximum absolute atomic E-state index is 11.2. The highest BCUT2D eigenvalue weighted by atomic mass is 16.5. The first kappa shape index (κ1) is 11.5. The van der Waals surface area contributed by atoms with Crippen LogP contribution in [0.3, 0.4) is 0 Å². The smallest absolute Gasteiger partial charge is 0.222 e. The molecule has 1 fully saturated rings. The third-order valence-electron chi connectivity index (χ3n) is 2.52. The van der Waals surface area contributed by atoms with Crippen molar-refractivity contribution in [1.29, 1.82) is 0 Å². The molecule has 0 aromatic rings. The zero-order valence-corrected chi connectivity index (χ0v) is 8.84. The quantitative estimate of drug-likeness (QED) is 0.663. The summed E-state index contributed by atoms with van der Waals surface area (Å²) in [5.74, 6) is 0.702. The predicted octanol–water partition coefficient (Wildman–Crippen LogP) is 0.139. The van der Waals surface area contributed by atoms with E-state index in [1.807, 2.05) is 0 Å². The average molecular weight is 200 g/mol. The third kappa shape index (κ3) is 4.58. The lowest BCUT2D eigenvalue weighted by Crippen LogP contribution is -2.38. The Balaban J connectivity index is 2.03. The Hall–Kier alpha value is -0.610. The molecule has 1 aliphatic rings. The summed E-state index contributed by atoms with van der Waals surface area (Å²) in [6.45, 7) is 3.46. The maximum atomic E-state index is 11.2. The molecule has 1 atom stereocenters. The summed E-state index contributed by atoms with van der Waals surface area (Å²) in [6, 6.07) is 0. The number of nitrogens with one attached hydrogen (secondary N) is 2. The zero-order chi connectivity index (χ0) is 10.2. The van der Waals surface area contributed by atoms with Crippen LogP contribution < -0.4 is 10.6 Å². The molecule has 1 aliphatic heterocycles. The molecule has 1 saturated heterocycles. The minimum atomic E-state index is 0.0948. The van der Waals surface area contributed by atoms with Crippen LogP contribution in [-0.4, -0.2) is 39.3 Å². The first-order chi connectivity index (χ1) is 6.83. The highest BCUT2D eigenvalue weighted by Crippen LogP contribution is 2.07. The fourth-order valence-electron chi connectivity index (χ4n) is 1.64. The summed E-state index contributed by atoms with van der Waals surface area (Å²) >= 11 is 0. The maximum Gasteiger partial charge on any atom is 0.222 e. The first-order valence-corrected chi connectivity index (χ1v) is 5.29. The number of amides is 1. The van der Waals surface area contributed by atoms with Crippen LogP contribution in [0.5, 0.6) is 0 Å². The summed E-state index contributed by atoms with van der Waals surface area (Å²) in [7, 11) is 1.61. The summed E-state index contributed by atoms with van der Waals surface area (Å²) in [5, 5.41) is 6.25. The molecule has 1 rings (SSSR count). The van der Waals surface area contributed by atoms with Crippen LogP contribution in [0.4, 0.5) is 0 Å². The van der Waals surface area contributed by atoms with Gasteiger partial charge in [0.2, 0.25) is 5.91 Å². The lowest BCUT2D eigenvalue weighted by Gasteiger charge is -2.22. The molecule has 4 heteroatoms. The number of rotatable bonds is 5. The predicted molar refractivity (Wildman–Crippen MR) is 55.1 cm³/mol. The Morgan fingerprint density at radius 3 is 3.14 bits per heavy atom. The summed E-state index contributed by atoms with van der Waals surface area (Å²) < 4.78 is 4.83. The number of methoxy groups -OCH3 is 1. The van der Waals surface area contributed by atoms with Gasteiger partial charge in [-0.1, -0.05) is 0 Å². The van der Waals surface area contributed by atoms with Crippen LogP contribution >= 0.6 is 0 Å². The molecule has 1 heterocycles. The number of hydrogen-bond donors (Lipinski definition) is 2. The molecule has 0 spiro atoms. The van der Waals surface area contributed by atoms with Gasteiger partial charge in [-0.15, -0.1) is 0 Å². The highest BCUT2D eigenvalue weighted by Gasteiger charge is 2.13. The highest BCUT2D eigenvalue weighted by molar-refractivity contribution is 5.75. The fourth-order valence-corrected chi connectivity index (χ4v) is 1.64. The van der Waals surface area contributed by atoms with Gasteiger partial charge in [0.05, 0.1) is 6.61 Å². The minimum absolute atomic E-state index is 0.0948. The second kappa shape index (κ2) is 6.79. The number of carbonyl (C=O) groups is 1. The molecule has 14 heavy (non-hydrogen) atoms. The van der Waals surface area contributed by atoms with Crippen molar-refractivity contribution < 1.29 is 9.53 Å². The molecule has 1 amide bonds. The number of carbonyl (C=O) groups excluding carboxylic acids is 1. The molecule has 0 aromatic heterocycles. The van der Waals surface area contributed by atoms with E-state index in [9.17, 15) is 4.79 Å². The van der Waals surface area contributed by atoms with Crippen molar-refractivity contribution in [2.75, 3.05) is 33.4 Å². The number of hydrogen-bond acceptors (Lipinski definition) is 3. The van der Waals surface area contributed by atoms with Crippen molar-refractivity contribution in [2.24, 2.45) is 5.92 Å². The molecule has 4 nitrogen and oxygen atoms in total. The Morgan fingerprint density at radius 1 is 1.64 bits per heavy atom. The van der Waals surface area contributed by atoms with Crippen LogP contribution in [0.15, 0.2) is 0 Å². The van der Waals surface area contributed by atoms with E-state index in [0.29, 0.717) is 18.9 Å². The van der Waals surface area contributed by atoms with Gasteiger partial charge in [-0.25, -0.2) is 0 Å². The van der Waals surface area contributed by atoms with E-state index in [-0.39, 0.29) is 5.91 Å². The van der Waals surface area contributed by atoms with E-state index in [2.05, 4.69) is 10.6 Å². The van der Waals surface area contributed by atoms with Crippen LogP contribution in [-0.2, 0) is 9.53 Å². The van der Waals surface area contributed by atoms with Gasteiger partial charge >= 0.3 is 0 Å². The van der Waals surface area contributed by atoms with Crippen molar-refractivity contribution >= 4 is 5.91 Å². The van der Waals surface area contributed by atoms with E-state index in [1.54, 1.807) is 7.11 Å². The molecule has 0 aliphatic carbocycles. The number of ether oxygens (including phenoxy) is 1. The summed E-state index contributed by atoms with van der Waals surface area (Å²) in [5.41, 5.74) is 0. The van der Waals surface area contributed by atoms with Gasteiger partial charge in [0.25, 0.3) is 0 Å². The van der Waals surface area contributed by atoms with E-state index < -0.39 is 0 Å². The monoisotopic (exact) mass is 200 g/mol. The van der Waals surface area contributed by atoms with Crippen molar-refractivity contribution in [3.05, 3.63) is 0 Å². The van der Waals surface area contributed by atoms with E-state index >= 15 is 0 Å². The SMILES string of the molecule is COCCC(=O)NCC1CCCNC1. The van der Waals surface area contributed by atoms with Crippen LogP contribution in [0, 0.1) is 5.92 Å². The van der Waals surface area contributed by atoms with Gasteiger partial charge in [0.15, 0.2) is 0 Å². The standard InChI is InChI=1S/C10H20N2O2/c1-14-6-4-10(13)12-8-9-3-2-5-11-7-9/h9,11H,2-8H2,1H3,(H,12,13). The molecule has 1 unspecified atom stereocenters. The van der Waals surface area contributed by atoms with Crippen molar-refractivity contribution in [3.63, 3.8) is 0 Å². The minimum Gasteiger partial charge on any atom is -0.384 e. The van der Waals surface area contributed by atoms with Gasteiger partial charge in [0.1, 0.15) is 0 Å². The Bertz CT molecular complexity index is 168. The van der Waals surface area contributed by atoms with Crippen LogP contribution in [0.1, 0.15) is 19.3 Å². The van der Waals surface area contributed by atoms with E-state index in [0.717, 1.165) is 19.6 Å². The van der Waals surface area contributed by atoms with Gasteiger partial charge in [-0.2, -0.15) is 0 Å². The second-order valence-corrected chi connectivity index (χ2v) is 3.76. The Morgan fingerprint density at radius 2 is 2.50 bits per heavy atom. The molecule has 0 saturated carbocycles. The summed E-state index contributed by atoms with van der Waals surface area (Å²) in [6.07, 6.45) is 2.91. The van der Waals surface area contributed by atoms with Gasteiger partial charge in [-0.05, 0) is 31.8 Å². The molecule has 0 aromatic carbocycles. The van der Waals surface area contributed by atoms with Gasteiger partial charge in [-0.3, -0.25) is 4.79 Å². The van der Waals surface area contributed by atoms with E-state index in [4.69, 9.17) is 4.74 Å².